The molecule has 0 spiro atoms. The summed E-state index contributed by atoms with van der Waals surface area (Å²) < 4.78 is 0. The van der Waals surface area contributed by atoms with Gasteiger partial charge in [-0.1, -0.05) is 23.8 Å². The van der Waals surface area contributed by atoms with Gasteiger partial charge in [-0.05, 0) is 24.5 Å². The Morgan fingerprint density at radius 3 is 3.00 bits per heavy atom. The topological polar surface area (TPSA) is 32.3 Å². The number of amides is 1. The summed E-state index contributed by atoms with van der Waals surface area (Å²) in [7, 11) is 1.68. The Hall–Kier alpha value is -1.35. The van der Waals surface area contributed by atoms with E-state index in [2.05, 4.69) is 35.3 Å². The van der Waals surface area contributed by atoms with Gasteiger partial charge in [0.2, 0.25) is 5.91 Å². The fourth-order valence-electron chi connectivity index (χ4n) is 2.16. The van der Waals surface area contributed by atoms with Crippen LogP contribution < -0.4 is 5.32 Å². The molecule has 0 unspecified atom stereocenters. The molecule has 1 aromatic rings. The van der Waals surface area contributed by atoms with Crippen LogP contribution in [-0.4, -0.2) is 30.9 Å². The Balaban J connectivity index is 2.06. The first kappa shape index (κ1) is 11.1. The van der Waals surface area contributed by atoms with Crippen molar-refractivity contribution in [2.24, 2.45) is 0 Å². The summed E-state index contributed by atoms with van der Waals surface area (Å²) in [5, 5.41) is 2.66. The molecule has 1 heterocycles. The third-order valence-corrected chi connectivity index (χ3v) is 3.10. The first-order chi connectivity index (χ1) is 7.69. The summed E-state index contributed by atoms with van der Waals surface area (Å²) in [4.78, 5) is 13.5. The zero-order valence-electron chi connectivity index (χ0n) is 9.92. The summed E-state index contributed by atoms with van der Waals surface area (Å²) in [6, 6.07) is 6.58. The van der Waals surface area contributed by atoms with Crippen molar-refractivity contribution in [1.29, 1.82) is 0 Å². The number of nitrogens with zero attached hydrogens (tertiary/aromatic N) is 1. The summed E-state index contributed by atoms with van der Waals surface area (Å²) in [5.41, 5.74) is 4.12. The van der Waals surface area contributed by atoms with Crippen LogP contribution in [-0.2, 0) is 17.8 Å². The second kappa shape index (κ2) is 4.66. The lowest BCUT2D eigenvalue weighted by molar-refractivity contribution is -0.121. The molecule has 0 fully saturated rings. The monoisotopic (exact) mass is 218 g/mol. The van der Waals surface area contributed by atoms with Gasteiger partial charge in [0.15, 0.2) is 0 Å². The maximum atomic E-state index is 11.3. The first-order valence-corrected chi connectivity index (χ1v) is 5.70. The Morgan fingerprint density at radius 1 is 1.44 bits per heavy atom. The normalized spacial score (nSPS) is 15.6. The van der Waals surface area contributed by atoms with E-state index in [0.29, 0.717) is 6.54 Å². The highest BCUT2D eigenvalue weighted by Gasteiger charge is 2.17. The van der Waals surface area contributed by atoms with Crippen LogP contribution in [0.15, 0.2) is 18.2 Å². The number of benzene rings is 1. The highest BCUT2D eigenvalue weighted by Crippen LogP contribution is 2.19. The maximum Gasteiger partial charge on any atom is 0.233 e. The summed E-state index contributed by atoms with van der Waals surface area (Å²) in [5.74, 6) is 0.0931. The third kappa shape index (κ3) is 2.42. The lowest BCUT2D eigenvalue weighted by Crippen LogP contribution is -2.38. The van der Waals surface area contributed by atoms with Gasteiger partial charge in [0.05, 0.1) is 6.54 Å². The molecule has 1 aliphatic heterocycles. The fourth-order valence-corrected chi connectivity index (χ4v) is 2.16. The van der Waals surface area contributed by atoms with E-state index in [1.54, 1.807) is 7.05 Å². The van der Waals surface area contributed by atoms with Crippen LogP contribution in [0.4, 0.5) is 0 Å². The number of nitrogens with one attached hydrogen (secondary N) is 1. The van der Waals surface area contributed by atoms with Gasteiger partial charge in [0.25, 0.3) is 0 Å². The van der Waals surface area contributed by atoms with Crippen molar-refractivity contribution in [2.45, 2.75) is 19.9 Å². The molecule has 0 saturated heterocycles. The van der Waals surface area contributed by atoms with Crippen molar-refractivity contribution in [3.05, 3.63) is 34.9 Å². The van der Waals surface area contributed by atoms with E-state index in [-0.39, 0.29) is 5.91 Å². The molecule has 86 valence electrons. The largest absolute Gasteiger partial charge is 0.358 e. The Labute approximate surface area is 96.5 Å². The molecule has 1 aliphatic rings. The van der Waals surface area contributed by atoms with Crippen LogP contribution in [0.25, 0.3) is 0 Å². The smallest absolute Gasteiger partial charge is 0.233 e. The predicted octanol–water partition coefficient (Wildman–Crippen LogP) is 1.10. The Kier molecular flexibility index (Phi) is 3.25. The van der Waals surface area contributed by atoms with E-state index in [1.165, 1.54) is 16.7 Å². The number of hydrogen-bond donors (Lipinski definition) is 1. The Bertz CT molecular complexity index is 401. The molecule has 2 rings (SSSR count). The minimum atomic E-state index is 0.0931. The van der Waals surface area contributed by atoms with Crippen molar-refractivity contribution in [2.75, 3.05) is 20.1 Å². The van der Waals surface area contributed by atoms with E-state index >= 15 is 0 Å². The van der Waals surface area contributed by atoms with E-state index in [4.69, 9.17) is 0 Å². The zero-order chi connectivity index (χ0) is 11.5. The number of hydrogen-bond acceptors (Lipinski definition) is 2. The van der Waals surface area contributed by atoms with Crippen LogP contribution in [0.2, 0.25) is 0 Å². The molecule has 1 aromatic carbocycles. The zero-order valence-corrected chi connectivity index (χ0v) is 9.92. The number of likely N-dealkylation sites (N-methyl/N-ethyl adjacent to an activating group) is 1. The van der Waals surface area contributed by atoms with Crippen LogP contribution in [0.5, 0.6) is 0 Å². The molecule has 1 amide bonds. The van der Waals surface area contributed by atoms with Crippen LogP contribution in [0.1, 0.15) is 16.7 Å². The van der Waals surface area contributed by atoms with E-state index in [1.807, 2.05) is 0 Å². The predicted molar refractivity (Wildman–Crippen MR) is 64.2 cm³/mol. The minimum absolute atomic E-state index is 0.0931. The van der Waals surface area contributed by atoms with Gasteiger partial charge in [0.1, 0.15) is 0 Å². The fraction of sp³-hybridized carbons (Fsp3) is 0.462. The molecule has 0 radical (unpaired) electrons. The number of fused-ring (bicyclic) bond motifs is 1. The van der Waals surface area contributed by atoms with Crippen LogP contribution in [0.3, 0.4) is 0 Å². The molecular weight excluding hydrogens is 200 g/mol. The average molecular weight is 218 g/mol. The molecule has 1 N–H and O–H groups in total. The molecule has 0 saturated carbocycles. The molecular formula is C13H18N2O. The van der Waals surface area contributed by atoms with Crippen LogP contribution in [0, 0.1) is 6.92 Å². The standard InChI is InChI=1S/C13H18N2O/c1-10-3-4-12-8-15(9-13(16)14-2)6-5-11(12)7-10/h3-4,7H,5-6,8-9H2,1-2H3,(H,14,16). The number of carbonyl (C=O) groups is 1. The van der Waals surface area contributed by atoms with Gasteiger partial charge in [-0.15, -0.1) is 0 Å². The molecule has 3 nitrogen and oxygen atoms in total. The molecule has 0 aliphatic carbocycles. The lowest BCUT2D eigenvalue weighted by atomic mass is 9.98. The summed E-state index contributed by atoms with van der Waals surface area (Å²) in [6.45, 7) is 4.49. The third-order valence-electron chi connectivity index (χ3n) is 3.10. The van der Waals surface area contributed by atoms with Crippen molar-refractivity contribution < 1.29 is 4.79 Å². The second-order valence-corrected chi connectivity index (χ2v) is 4.41. The average Bonchev–Trinajstić information content (AvgIpc) is 2.29. The van der Waals surface area contributed by atoms with Crippen LogP contribution >= 0.6 is 0 Å². The van der Waals surface area contributed by atoms with Gasteiger partial charge in [-0.3, -0.25) is 9.69 Å². The highest BCUT2D eigenvalue weighted by molar-refractivity contribution is 5.77. The maximum absolute atomic E-state index is 11.3. The quantitative estimate of drug-likeness (QED) is 0.806. The van der Waals surface area contributed by atoms with Gasteiger partial charge in [-0.2, -0.15) is 0 Å². The number of carbonyl (C=O) groups excluding carboxylic acids is 1. The molecule has 0 aromatic heterocycles. The molecule has 3 heteroatoms. The van der Waals surface area contributed by atoms with Gasteiger partial charge in [0, 0.05) is 20.1 Å². The number of aryl methyl sites for hydroxylation is 1. The van der Waals surface area contributed by atoms with Crippen molar-refractivity contribution >= 4 is 5.91 Å². The number of rotatable bonds is 2. The molecule has 0 atom stereocenters. The summed E-state index contributed by atoms with van der Waals surface area (Å²) in [6.07, 6.45) is 1.05. The van der Waals surface area contributed by atoms with Gasteiger partial charge in [-0.25, -0.2) is 0 Å². The first-order valence-electron chi connectivity index (χ1n) is 5.70. The lowest BCUT2D eigenvalue weighted by Gasteiger charge is -2.28. The Morgan fingerprint density at radius 2 is 2.25 bits per heavy atom. The van der Waals surface area contributed by atoms with Crippen molar-refractivity contribution in [3.8, 4) is 0 Å². The van der Waals surface area contributed by atoms with Gasteiger partial charge < -0.3 is 5.32 Å². The highest BCUT2D eigenvalue weighted by atomic mass is 16.1. The minimum Gasteiger partial charge on any atom is -0.358 e. The molecule has 0 bridgehead atoms. The second-order valence-electron chi connectivity index (χ2n) is 4.41. The molecule has 16 heavy (non-hydrogen) atoms. The summed E-state index contributed by atoms with van der Waals surface area (Å²) >= 11 is 0. The van der Waals surface area contributed by atoms with Crippen molar-refractivity contribution in [3.63, 3.8) is 0 Å². The van der Waals surface area contributed by atoms with E-state index in [9.17, 15) is 4.79 Å². The van der Waals surface area contributed by atoms with Crippen molar-refractivity contribution in [1.82, 2.24) is 10.2 Å². The SMILES string of the molecule is CNC(=O)CN1CCc2cc(C)ccc2C1. The van der Waals surface area contributed by atoms with Gasteiger partial charge >= 0.3 is 0 Å². The van der Waals surface area contributed by atoms with E-state index in [0.717, 1.165) is 19.5 Å². The van der Waals surface area contributed by atoms with E-state index < -0.39 is 0 Å².